The van der Waals surface area contributed by atoms with Crippen molar-refractivity contribution in [2.24, 2.45) is 5.92 Å². The second kappa shape index (κ2) is 5.67. The molecule has 0 radical (unpaired) electrons. The van der Waals surface area contributed by atoms with Gasteiger partial charge in [-0.25, -0.2) is 0 Å². The van der Waals surface area contributed by atoms with E-state index in [4.69, 9.17) is 4.74 Å². The SMILES string of the molecule is CC(NC(=O)COc1ccccc1C=O)C1CC1. The van der Waals surface area contributed by atoms with Crippen molar-refractivity contribution in [3.8, 4) is 5.75 Å². The van der Waals surface area contributed by atoms with Crippen molar-refractivity contribution in [1.29, 1.82) is 0 Å². The number of benzene rings is 1. The Morgan fingerprint density at radius 1 is 1.50 bits per heavy atom. The highest BCUT2D eigenvalue weighted by Gasteiger charge is 2.28. The second-order valence-corrected chi connectivity index (χ2v) is 4.64. The highest BCUT2D eigenvalue weighted by Crippen LogP contribution is 2.32. The molecule has 2 rings (SSSR count). The molecule has 1 fully saturated rings. The average Bonchev–Trinajstić information content (AvgIpc) is 3.21. The summed E-state index contributed by atoms with van der Waals surface area (Å²) < 4.78 is 5.35. The molecule has 0 heterocycles. The molecule has 4 heteroatoms. The van der Waals surface area contributed by atoms with E-state index < -0.39 is 0 Å². The van der Waals surface area contributed by atoms with Gasteiger partial charge >= 0.3 is 0 Å². The molecule has 1 saturated carbocycles. The first-order chi connectivity index (χ1) is 8.70. The van der Waals surface area contributed by atoms with E-state index in [9.17, 15) is 9.59 Å². The van der Waals surface area contributed by atoms with E-state index in [1.807, 2.05) is 6.92 Å². The molecular weight excluding hydrogens is 230 g/mol. The number of aldehydes is 1. The lowest BCUT2D eigenvalue weighted by Crippen LogP contribution is -2.37. The van der Waals surface area contributed by atoms with E-state index in [1.165, 1.54) is 12.8 Å². The van der Waals surface area contributed by atoms with E-state index in [0.29, 0.717) is 17.2 Å². The molecule has 0 aliphatic heterocycles. The third-order valence-electron chi connectivity index (χ3n) is 3.12. The first kappa shape index (κ1) is 12.6. The fourth-order valence-electron chi connectivity index (χ4n) is 1.86. The molecule has 4 nitrogen and oxygen atoms in total. The van der Waals surface area contributed by atoms with Gasteiger partial charge in [-0.1, -0.05) is 12.1 Å². The van der Waals surface area contributed by atoms with Crippen LogP contribution in [0.2, 0.25) is 0 Å². The maximum Gasteiger partial charge on any atom is 0.258 e. The molecule has 18 heavy (non-hydrogen) atoms. The summed E-state index contributed by atoms with van der Waals surface area (Å²) in [5.74, 6) is 0.924. The highest BCUT2D eigenvalue weighted by atomic mass is 16.5. The maximum atomic E-state index is 11.6. The second-order valence-electron chi connectivity index (χ2n) is 4.64. The number of nitrogens with one attached hydrogen (secondary N) is 1. The summed E-state index contributed by atoms with van der Waals surface area (Å²) in [5, 5.41) is 2.90. The van der Waals surface area contributed by atoms with Gasteiger partial charge in [0, 0.05) is 6.04 Å². The molecule has 0 aromatic heterocycles. The molecule has 1 unspecified atom stereocenters. The Morgan fingerprint density at radius 3 is 2.89 bits per heavy atom. The van der Waals surface area contributed by atoms with Crippen LogP contribution in [-0.4, -0.2) is 24.8 Å². The maximum absolute atomic E-state index is 11.6. The molecule has 1 aromatic rings. The minimum atomic E-state index is -0.143. The molecule has 1 aromatic carbocycles. The summed E-state index contributed by atoms with van der Waals surface area (Å²) in [5.41, 5.74) is 0.459. The lowest BCUT2D eigenvalue weighted by Gasteiger charge is -2.13. The van der Waals surface area contributed by atoms with Crippen LogP contribution in [0.3, 0.4) is 0 Å². The number of para-hydroxylation sites is 1. The number of hydrogen-bond acceptors (Lipinski definition) is 3. The Labute approximate surface area is 106 Å². The van der Waals surface area contributed by atoms with Crippen LogP contribution in [0.15, 0.2) is 24.3 Å². The smallest absolute Gasteiger partial charge is 0.258 e. The van der Waals surface area contributed by atoms with Gasteiger partial charge in [-0.2, -0.15) is 0 Å². The Kier molecular flexibility index (Phi) is 3.97. The van der Waals surface area contributed by atoms with Gasteiger partial charge in [-0.15, -0.1) is 0 Å². The zero-order valence-electron chi connectivity index (χ0n) is 10.4. The third-order valence-corrected chi connectivity index (χ3v) is 3.12. The predicted octanol–water partition coefficient (Wildman–Crippen LogP) is 1.79. The standard InChI is InChI=1S/C14H17NO3/c1-10(11-6-7-11)15-14(17)9-18-13-5-3-2-4-12(13)8-16/h2-5,8,10-11H,6-7,9H2,1H3,(H,15,17). The molecule has 1 atom stereocenters. The molecule has 0 saturated heterocycles. The Hall–Kier alpha value is -1.84. The number of carbonyl (C=O) groups excluding carboxylic acids is 2. The molecule has 0 bridgehead atoms. The molecule has 1 amide bonds. The predicted molar refractivity (Wildman–Crippen MR) is 67.7 cm³/mol. The van der Waals surface area contributed by atoms with E-state index in [0.717, 1.165) is 6.29 Å². The van der Waals surface area contributed by atoms with Crippen LogP contribution < -0.4 is 10.1 Å². The lowest BCUT2D eigenvalue weighted by molar-refractivity contribution is -0.123. The normalized spacial score (nSPS) is 15.8. The van der Waals surface area contributed by atoms with Crippen LogP contribution in [-0.2, 0) is 4.79 Å². The van der Waals surface area contributed by atoms with Gasteiger partial charge in [-0.3, -0.25) is 9.59 Å². The van der Waals surface area contributed by atoms with Crippen LogP contribution in [0.5, 0.6) is 5.75 Å². The van der Waals surface area contributed by atoms with Crippen molar-refractivity contribution in [3.63, 3.8) is 0 Å². The van der Waals surface area contributed by atoms with Crippen LogP contribution in [0, 0.1) is 5.92 Å². The van der Waals surface area contributed by atoms with Gasteiger partial charge in [0.15, 0.2) is 12.9 Å². The fourth-order valence-corrected chi connectivity index (χ4v) is 1.86. The largest absolute Gasteiger partial charge is 0.483 e. The zero-order valence-corrected chi connectivity index (χ0v) is 10.4. The Bertz CT molecular complexity index is 440. The lowest BCUT2D eigenvalue weighted by atomic mass is 10.2. The Morgan fingerprint density at radius 2 is 2.22 bits per heavy atom. The van der Waals surface area contributed by atoms with Crippen molar-refractivity contribution < 1.29 is 14.3 Å². The highest BCUT2D eigenvalue weighted by molar-refractivity contribution is 5.80. The van der Waals surface area contributed by atoms with Crippen molar-refractivity contribution in [1.82, 2.24) is 5.32 Å². The molecule has 1 N–H and O–H groups in total. The number of carbonyl (C=O) groups is 2. The molecule has 1 aliphatic rings. The summed E-state index contributed by atoms with van der Waals surface area (Å²) in [6.07, 6.45) is 3.10. The fraction of sp³-hybridized carbons (Fsp3) is 0.429. The quantitative estimate of drug-likeness (QED) is 0.780. The van der Waals surface area contributed by atoms with E-state index in [1.54, 1.807) is 24.3 Å². The van der Waals surface area contributed by atoms with E-state index in [-0.39, 0.29) is 18.6 Å². The van der Waals surface area contributed by atoms with Crippen LogP contribution in [0.25, 0.3) is 0 Å². The first-order valence-electron chi connectivity index (χ1n) is 6.17. The molecule has 96 valence electrons. The minimum Gasteiger partial charge on any atom is -0.483 e. The third kappa shape index (κ3) is 3.32. The number of amides is 1. The van der Waals surface area contributed by atoms with Gasteiger partial charge in [0.1, 0.15) is 5.75 Å². The van der Waals surface area contributed by atoms with Gasteiger partial charge in [0.05, 0.1) is 5.56 Å². The van der Waals surface area contributed by atoms with Crippen molar-refractivity contribution >= 4 is 12.2 Å². The summed E-state index contributed by atoms with van der Waals surface area (Å²) in [6, 6.07) is 7.08. The topological polar surface area (TPSA) is 55.4 Å². The number of rotatable bonds is 6. The van der Waals surface area contributed by atoms with Gasteiger partial charge in [0.25, 0.3) is 5.91 Å². The summed E-state index contributed by atoms with van der Waals surface area (Å²) in [6.45, 7) is 1.96. The number of hydrogen-bond donors (Lipinski definition) is 1. The van der Waals surface area contributed by atoms with Crippen molar-refractivity contribution in [2.75, 3.05) is 6.61 Å². The van der Waals surface area contributed by atoms with Crippen molar-refractivity contribution in [2.45, 2.75) is 25.8 Å². The summed E-state index contributed by atoms with van der Waals surface area (Å²) in [4.78, 5) is 22.4. The molecule has 1 aliphatic carbocycles. The van der Waals surface area contributed by atoms with E-state index >= 15 is 0 Å². The Balaban J connectivity index is 1.82. The first-order valence-corrected chi connectivity index (χ1v) is 6.17. The number of ether oxygens (including phenoxy) is 1. The zero-order chi connectivity index (χ0) is 13.0. The molecular formula is C14H17NO3. The van der Waals surface area contributed by atoms with Crippen LogP contribution in [0.4, 0.5) is 0 Å². The average molecular weight is 247 g/mol. The minimum absolute atomic E-state index is 0.0537. The van der Waals surface area contributed by atoms with Gasteiger partial charge < -0.3 is 10.1 Å². The molecule has 0 spiro atoms. The van der Waals surface area contributed by atoms with Gasteiger partial charge in [-0.05, 0) is 37.8 Å². The van der Waals surface area contributed by atoms with E-state index in [2.05, 4.69) is 5.32 Å². The summed E-state index contributed by atoms with van der Waals surface area (Å²) in [7, 11) is 0. The van der Waals surface area contributed by atoms with Crippen LogP contribution in [0.1, 0.15) is 30.1 Å². The summed E-state index contributed by atoms with van der Waals surface area (Å²) >= 11 is 0. The monoisotopic (exact) mass is 247 g/mol. The van der Waals surface area contributed by atoms with Crippen LogP contribution >= 0.6 is 0 Å². The van der Waals surface area contributed by atoms with Crippen molar-refractivity contribution in [3.05, 3.63) is 29.8 Å². The van der Waals surface area contributed by atoms with Gasteiger partial charge in [0.2, 0.25) is 0 Å².